The van der Waals surface area contributed by atoms with Crippen molar-refractivity contribution in [2.45, 2.75) is 0 Å². The van der Waals surface area contributed by atoms with Crippen LogP contribution in [0.1, 0.15) is 5.56 Å². The standard InChI is InChI=1S/C11H8O5/c12-9(11(15)16)8(10(13)14)6-7-4-2-1-3-5-7/h1-6H,(H,13,14)(H,15,16)/b8-6-. The molecule has 0 aliphatic heterocycles. The molecule has 0 radical (unpaired) electrons. The van der Waals surface area contributed by atoms with Gasteiger partial charge in [-0.25, -0.2) is 9.59 Å². The zero-order valence-corrected chi connectivity index (χ0v) is 8.08. The minimum atomic E-state index is -1.79. The molecule has 0 saturated heterocycles. The summed E-state index contributed by atoms with van der Waals surface area (Å²) in [6, 6.07) is 8.15. The molecule has 0 aliphatic carbocycles. The summed E-state index contributed by atoms with van der Waals surface area (Å²) in [6.45, 7) is 0. The zero-order valence-electron chi connectivity index (χ0n) is 8.08. The number of benzene rings is 1. The Balaban J connectivity index is 3.14. The van der Waals surface area contributed by atoms with Crippen LogP contribution in [0, 0.1) is 0 Å². The predicted molar refractivity (Wildman–Crippen MR) is 54.7 cm³/mol. The number of hydrogen-bond donors (Lipinski definition) is 2. The second-order valence-corrected chi connectivity index (χ2v) is 2.91. The molecule has 0 spiro atoms. The lowest BCUT2D eigenvalue weighted by Crippen LogP contribution is -2.20. The molecule has 0 saturated carbocycles. The summed E-state index contributed by atoms with van der Waals surface area (Å²) in [5.41, 5.74) is -0.312. The lowest BCUT2D eigenvalue weighted by molar-refractivity contribution is -0.149. The fourth-order valence-electron chi connectivity index (χ4n) is 1.06. The second kappa shape index (κ2) is 4.88. The fourth-order valence-corrected chi connectivity index (χ4v) is 1.06. The van der Waals surface area contributed by atoms with Crippen LogP contribution in [0.5, 0.6) is 0 Å². The van der Waals surface area contributed by atoms with Crippen LogP contribution in [0.2, 0.25) is 0 Å². The zero-order chi connectivity index (χ0) is 12.1. The molecule has 0 aromatic heterocycles. The van der Waals surface area contributed by atoms with E-state index in [-0.39, 0.29) is 0 Å². The molecule has 0 bridgehead atoms. The first-order valence-corrected chi connectivity index (χ1v) is 4.30. The largest absolute Gasteiger partial charge is 0.478 e. The molecular formula is C11H8O5. The highest BCUT2D eigenvalue weighted by Crippen LogP contribution is 2.08. The van der Waals surface area contributed by atoms with E-state index in [0.717, 1.165) is 6.08 Å². The first-order valence-electron chi connectivity index (χ1n) is 4.30. The summed E-state index contributed by atoms with van der Waals surface area (Å²) in [5.74, 6) is -4.78. The SMILES string of the molecule is O=C(O)C(=O)/C(=C/c1ccccc1)C(=O)O. The highest BCUT2D eigenvalue weighted by molar-refractivity contribution is 6.47. The van der Waals surface area contributed by atoms with Crippen molar-refractivity contribution in [1.82, 2.24) is 0 Å². The molecule has 0 aliphatic rings. The van der Waals surface area contributed by atoms with E-state index >= 15 is 0 Å². The van der Waals surface area contributed by atoms with Gasteiger partial charge in [-0.15, -0.1) is 0 Å². The Bertz CT molecular complexity index is 459. The van der Waals surface area contributed by atoms with Gasteiger partial charge in [0, 0.05) is 0 Å². The molecule has 2 N–H and O–H groups in total. The van der Waals surface area contributed by atoms with E-state index in [4.69, 9.17) is 10.2 Å². The predicted octanol–water partition coefficient (Wildman–Crippen LogP) is 0.808. The molecule has 0 unspecified atom stereocenters. The van der Waals surface area contributed by atoms with Gasteiger partial charge in [0.25, 0.3) is 5.78 Å². The number of hydrogen-bond acceptors (Lipinski definition) is 3. The number of ketones is 1. The van der Waals surface area contributed by atoms with Crippen LogP contribution in [-0.2, 0) is 14.4 Å². The van der Waals surface area contributed by atoms with Gasteiger partial charge in [0.1, 0.15) is 5.57 Å². The molecule has 5 nitrogen and oxygen atoms in total. The summed E-state index contributed by atoms with van der Waals surface area (Å²) >= 11 is 0. The van der Waals surface area contributed by atoms with Crippen molar-refractivity contribution in [2.24, 2.45) is 0 Å². The maximum absolute atomic E-state index is 11.0. The quantitative estimate of drug-likeness (QED) is 0.339. The third-order valence-corrected chi connectivity index (χ3v) is 1.78. The number of Topliss-reactive ketones (excluding diaryl/α,β-unsaturated/α-hetero) is 1. The second-order valence-electron chi connectivity index (χ2n) is 2.91. The highest BCUT2D eigenvalue weighted by atomic mass is 16.4. The lowest BCUT2D eigenvalue weighted by Gasteiger charge is -1.97. The van der Waals surface area contributed by atoms with Gasteiger partial charge in [-0.05, 0) is 11.6 Å². The Morgan fingerprint density at radius 3 is 1.94 bits per heavy atom. The van der Waals surface area contributed by atoms with Crippen LogP contribution in [0.15, 0.2) is 35.9 Å². The average Bonchev–Trinajstić information content (AvgIpc) is 2.26. The molecule has 0 fully saturated rings. The Kier molecular flexibility index (Phi) is 3.55. The van der Waals surface area contributed by atoms with Crippen molar-refractivity contribution in [1.29, 1.82) is 0 Å². The third kappa shape index (κ3) is 2.78. The van der Waals surface area contributed by atoms with Crippen LogP contribution in [0.3, 0.4) is 0 Å². The Morgan fingerprint density at radius 1 is 0.938 bits per heavy atom. The number of rotatable bonds is 4. The molecule has 5 heteroatoms. The van der Waals surface area contributed by atoms with Gasteiger partial charge in [0.05, 0.1) is 0 Å². The number of aliphatic carboxylic acids is 2. The molecule has 82 valence electrons. The van der Waals surface area contributed by atoms with E-state index in [2.05, 4.69) is 0 Å². The molecule has 0 atom stereocenters. The normalized spacial score (nSPS) is 10.9. The van der Waals surface area contributed by atoms with Crippen LogP contribution in [-0.4, -0.2) is 27.9 Å². The summed E-state index contributed by atoms with van der Waals surface area (Å²) in [5, 5.41) is 17.1. The number of carboxylic acid groups (broad SMARTS) is 2. The number of carboxylic acids is 2. The molecular weight excluding hydrogens is 212 g/mol. The van der Waals surface area contributed by atoms with E-state index in [9.17, 15) is 14.4 Å². The van der Waals surface area contributed by atoms with Crippen LogP contribution in [0.4, 0.5) is 0 Å². The Morgan fingerprint density at radius 2 is 1.50 bits per heavy atom. The minimum Gasteiger partial charge on any atom is -0.478 e. The first-order chi connectivity index (χ1) is 7.52. The summed E-state index contributed by atoms with van der Waals surface area (Å²) in [4.78, 5) is 32.1. The monoisotopic (exact) mass is 220 g/mol. The van der Waals surface area contributed by atoms with E-state index in [0.29, 0.717) is 5.56 Å². The van der Waals surface area contributed by atoms with E-state index in [1.165, 1.54) is 0 Å². The van der Waals surface area contributed by atoms with Crippen LogP contribution >= 0.6 is 0 Å². The van der Waals surface area contributed by atoms with Gasteiger partial charge in [-0.3, -0.25) is 4.79 Å². The summed E-state index contributed by atoms with van der Waals surface area (Å²) in [6.07, 6.45) is 1.03. The smallest absolute Gasteiger partial charge is 0.377 e. The van der Waals surface area contributed by atoms with Crippen molar-refractivity contribution in [3.05, 3.63) is 41.5 Å². The molecule has 16 heavy (non-hydrogen) atoms. The number of carbonyl (C=O) groups is 3. The van der Waals surface area contributed by atoms with Crippen molar-refractivity contribution in [3.8, 4) is 0 Å². The summed E-state index contributed by atoms with van der Waals surface area (Å²) < 4.78 is 0. The first kappa shape index (κ1) is 11.6. The van der Waals surface area contributed by atoms with E-state index < -0.39 is 23.3 Å². The number of carbonyl (C=O) groups excluding carboxylic acids is 1. The highest BCUT2D eigenvalue weighted by Gasteiger charge is 2.23. The fraction of sp³-hybridized carbons (Fsp3) is 0. The molecule has 0 amide bonds. The van der Waals surface area contributed by atoms with Gasteiger partial charge >= 0.3 is 11.9 Å². The average molecular weight is 220 g/mol. The lowest BCUT2D eigenvalue weighted by atomic mass is 10.1. The summed E-state index contributed by atoms with van der Waals surface area (Å²) in [7, 11) is 0. The van der Waals surface area contributed by atoms with Gasteiger partial charge in [-0.2, -0.15) is 0 Å². The van der Waals surface area contributed by atoms with Gasteiger partial charge in [-0.1, -0.05) is 30.3 Å². The maximum atomic E-state index is 11.0. The van der Waals surface area contributed by atoms with Crippen molar-refractivity contribution >= 4 is 23.8 Å². The van der Waals surface area contributed by atoms with Crippen molar-refractivity contribution < 1.29 is 24.6 Å². The molecule has 1 aromatic rings. The van der Waals surface area contributed by atoms with Gasteiger partial charge < -0.3 is 10.2 Å². The van der Waals surface area contributed by atoms with Crippen molar-refractivity contribution in [2.75, 3.05) is 0 Å². The minimum absolute atomic E-state index is 0.453. The van der Waals surface area contributed by atoms with Crippen molar-refractivity contribution in [3.63, 3.8) is 0 Å². The van der Waals surface area contributed by atoms with E-state index in [1.54, 1.807) is 30.3 Å². The van der Waals surface area contributed by atoms with Gasteiger partial charge in [0.2, 0.25) is 0 Å². The topological polar surface area (TPSA) is 91.7 Å². The maximum Gasteiger partial charge on any atom is 0.377 e. The van der Waals surface area contributed by atoms with Crippen LogP contribution in [0.25, 0.3) is 6.08 Å². The van der Waals surface area contributed by atoms with E-state index in [1.807, 2.05) is 0 Å². The molecule has 1 rings (SSSR count). The Hall–Kier alpha value is -2.43. The van der Waals surface area contributed by atoms with Gasteiger partial charge in [0.15, 0.2) is 0 Å². The van der Waals surface area contributed by atoms with Crippen LogP contribution < -0.4 is 0 Å². The molecule has 0 heterocycles. The third-order valence-electron chi connectivity index (χ3n) is 1.78. The molecule has 1 aromatic carbocycles. The Labute approximate surface area is 90.6 Å².